The second-order valence-electron chi connectivity index (χ2n) is 5.85. The molecule has 23 heavy (non-hydrogen) atoms. The summed E-state index contributed by atoms with van der Waals surface area (Å²) in [6.45, 7) is 2.10. The van der Waals surface area contributed by atoms with Crippen molar-refractivity contribution < 1.29 is 4.79 Å². The number of thioether (sulfide) groups is 1. The van der Waals surface area contributed by atoms with Crippen molar-refractivity contribution >= 4 is 29.0 Å². The number of hydrogen-bond donors (Lipinski definition) is 1. The van der Waals surface area contributed by atoms with Crippen LogP contribution in [-0.4, -0.2) is 23.3 Å². The van der Waals surface area contributed by atoms with Crippen molar-refractivity contribution in [1.29, 1.82) is 0 Å². The van der Waals surface area contributed by atoms with E-state index < -0.39 is 0 Å². The first-order valence-corrected chi connectivity index (χ1v) is 9.22. The van der Waals surface area contributed by atoms with Crippen LogP contribution in [0.5, 0.6) is 0 Å². The van der Waals surface area contributed by atoms with Gasteiger partial charge in [-0.3, -0.25) is 0 Å². The second-order valence-corrected chi connectivity index (χ2v) is 6.76. The number of aryl methyl sites for hydroxylation is 1. The van der Waals surface area contributed by atoms with Gasteiger partial charge in [0.15, 0.2) is 0 Å². The van der Waals surface area contributed by atoms with Crippen LogP contribution in [0.25, 0.3) is 10.9 Å². The number of carbonyl (C=O) groups excluding carboxylic acids is 1. The summed E-state index contributed by atoms with van der Waals surface area (Å²) in [5.74, 6) is 0.866. The highest BCUT2D eigenvalue weighted by Gasteiger charge is 2.28. The molecular formula is C20H21NOS. The largest absolute Gasteiger partial charge is 0.358 e. The lowest BCUT2D eigenvalue weighted by Crippen LogP contribution is -2.19. The van der Waals surface area contributed by atoms with Gasteiger partial charge in [0.2, 0.25) is 0 Å². The van der Waals surface area contributed by atoms with Crippen molar-refractivity contribution in [3.63, 3.8) is 0 Å². The van der Waals surface area contributed by atoms with E-state index in [-0.39, 0.29) is 11.8 Å². The average Bonchev–Trinajstić information content (AvgIpc) is 2.91. The zero-order chi connectivity index (χ0) is 16.2. The Labute approximate surface area is 141 Å². The predicted molar refractivity (Wildman–Crippen MR) is 99.3 cm³/mol. The summed E-state index contributed by atoms with van der Waals surface area (Å²) in [6, 6.07) is 18.7. The van der Waals surface area contributed by atoms with Crippen LogP contribution in [0.1, 0.15) is 22.7 Å². The zero-order valence-electron chi connectivity index (χ0n) is 13.5. The number of nitrogens with one attached hydrogen (secondary N) is 1. The highest BCUT2D eigenvalue weighted by molar-refractivity contribution is 7.98. The van der Waals surface area contributed by atoms with Crippen LogP contribution in [0.3, 0.4) is 0 Å². The number of H-pyrrole nitrogens is 1. The van der Waals surface area contributed by atoms with Gasteiger partial charge in [0.25, 0.3) is 0 Å². The molecule has 0 bridgehead atoms. The lowest BCUT2D eigenvalue weighted by molar-refractivity contribution is -0.110. The molecule has 0 unspecified atom stereocenters. The van der Waals surface area contributed by atoms with Crippen molar-refractivity contribution in [2.75, 3.05) is 12.0 Å². The highest BCUT2D eigenvalue weighted by atomic mass is 32.2. The Kier molecular flexibility index (Phi) is 4.87. The van der Waals surface area contributed by atoms with E-state index in [0.29, 0.717) is 0 Å². The van der Waals surface area contributed by atoms with Crippen molar-refractivity contribution in [3.05, 3.63) is 71.4 Å². The molecule has 118 valence electrons. The Morgan fingerprint density at radius 1 is 1.09 bits per heavy atom. The normalized spacial score (nSPS) is 13.8. The van der Waals surface area contributed by atoms with Gasteiger partial charge < -0.3 is 9.78 Å². The van der Waals surface area contributed by atoms with E-state index in [1.807, 2.05) is 24.3 Å². The first-order chi connectivity index (χ1) is 11.3. The topological polar surface area (TPSA) is 32.9 Å². The third kappa shape index (κ3) is 3.06. The van der Waals surface area contributed by atoms with Crippen molar-refractivity contribution in [3.8, 4) is 0 Å². The van der Waals surface area contributed by atoms with E-state index in [1.165, 1.54) is 16.5 Å². The Hall–Kier alpha value is -2.00. The lowest BCUT2D eigenvalue weighted by Gasteiger charge is -2.24. The summed E-state index contributed by atoms with van der Waals surface area (Å²) in [4.78, 5) is 15.3. The molecule has 0 aliphatic heterocycles. The maximum atomic E-state index is 11.8. The SMILES string of the molecule is CSC[C@@H](C=O)[C@@H](c1ccccc1)c1c(C)[nH]c2ccccc12. The maximum Gasteiger partial charge on any atom is 0.124 e. The maximum absolute atomic E-state index is 11.8. The Balaban J connectivity index is 2.21. The van der Waals surface area contributed by atoms with Gasteiger partial charge in [-0.25, -0.2) is 0 Å². The van der Waals surface area contributed by atoms with Gasteiger partial charge in [-0.15, -0.1) is 0 Å². The molecule has 3 aromatic rings. The second kappa shape index (κ2) is 7.05. The molecule has 0 radical (unpaired) electrons. The number of aldehydes is 1. The lowest BCUT2D eigenvalue weighted by atomic mass is 9.81. The summed E-state index contributed by atoms with van der Waals surface area (Å²) in [5.41, 5.74) is 4.73. The number of hydrogen-bond acceptors (Lipinski definition) is 2. The minimum Gasteiger partial charge on any atom is -0.358 e. The van der Waals surface area contributed by atoms with Crippen LogP contribution in [0.4, 0.5) is 0 Å². The Morgan fingerprint density at radius 3 is 2.48 bits per heavy atom. The van der Waals surface area contributed by atoms with Gasteiger partial charge in [-0.2, -0.15) is 11.8 Å². The molecule has 0 aliphatic carbocycles. The number of rotatable bonds is 6. The van der Waals surface area contributed by atoms with E-state index >= 15 is 0 Å². The number of carbonyl (C=O) groups is 1. The quantitative estimate of drug-likeness (QED) is 0.662. The molecule has 0 aliphatic rings. The van der Waals surface area contributed by atoms with Crippen LogP contribution in [0.2, 0.25) is 0 Å². The molecule has 2 atom stereocenters. The van der Waals surface area contributed by atoms with Crippen molar-refractivity contribution in [2.24, 2.45) is 5.92 Å². The fourth-order valence-corrected chi connectivity index (χ4v) is 4.05. The zero-order valence-corrected chi connectivity index (χ0v) is 14.3. The van der Waals surface area contributed by atoms with Crippen LogP contribution in [0.15, 0.2) is 54.6 Å². The third-order valence-corrected chi connectivity index (χ3v) is 5.09. The highest BCUT2D eigenvalue weighted by Crippen LogP contribution is 2.38. The van der Waals surface area contributed by atoms with Gasteiger partial charge >= 0.3 is 0 Å². The Morgan fingerprint density at radius 2 is 1.78 bits per heavy atom. The van der Waals surface area contributed by atoms with Gasteiger partial charge in [0.1, 0.15) is 6.29 Å². The smallest absolute Gasteiger partial charge is 0.124 e. The molecule has 0 spiro atoms. The molecule has 1 N–H and O–H groups in total. The molecule has 1 aromatic heterocycles. The average molecular weight is 323 g/mol. The first kappa shape index (κ1) is 15.9. The Bertz CT molecular complexity index is 794. The molecule has 2 nitrogen and oxygen atoms in total. The molecule has 0 saturated heterocycles. The minimum absolute atomic E-state index is 0.0368. The monoisotopic (exact) mass is 323 g/mol. The summed E-state index contributed by atoms with van der Waals surface area (Å²) in [6.07, 6.45) is 3.18. The van der Waals surface area contributed by atoms with Crippen LogP contribution < -0.4 is 0 Å². The molecule has 0 fully saturated rings. The van der Waals surface area contributed by atoms with Crippen molar-refractivity contribution in [2.45, 2.75) is 12.8 Å². The fourth-order valence-electron chi connectivity index (χ4n) is 3.39. The predicted octanol–water partition coefficient (Wildman–Crippen LogP) is 4.79. The number of aromatic nitrogens is 1. The van der Waals surface area contributed by atoms with E-state index in [2.05, 4.69) is 48.5 Å². The summed E-state index contributed by atoms with van der Waals surface area (Å²) >= 11 is 1.72. The molecule has 1 heterocycles. The summed E-state index contributed by atoms with van der Waals surface area (Å²) < 4.78 is 0. The first-order valence-electron chi connectivity index (χ1n) is 7.82. The van der Waals surface area contributed by atoms with Crippen LogP contribution in [-0.2, 0) is 4.79 Å². The van der Waals surface area contributed by atoms with Gasteiger partial charge in [0, 0.05) is 34.2 Å². The van der Waals surface area contributed by atoms with Crippen LogP contribution >= 0.6 is 11.8 Å². The minimum atomic E-state index is -0.0368. The third-order valence-electron chi connectivity index (χ3n) is 4.38. The molecule has 0 saturated carbocycles. The standard InChI is InChI=1S/C20H21NOS/c1-14-19(17-10-6-7-11-18(17)21-14)20(16(12-22)13-23-2)15-8-4-3-5-9-15/h3-12,16,20-21H,13H2,1-2H3/t16-,20-/m1/s1. The number of benzene rings is 2. The summed E-state index contributed by atoms with van der Waals surface area (Å²) in [5, 5.41) is 1.21. The van der Waals surface area contributed by atoms with E-state index in [4.69, 9.17) is 0 Å². The summed E-state index contributed by atoms with van der Waals surface area (Å²) in [7, 11) is 0. The molecule has 0 amide bonds. The van der Waals surface area contributed by atoms with E-state index in [9.17, 15) is 4.79 Å². The van der Waals surface area contributed by atoms with Crippen molar-refractivity contribution in [1.82, 2.24) is 4.98 Å². The molecule has 3 heteroatoms. The van der Waals surface area contributed by atoms with Gasteiger partial charge in [-0.05, 0) is 30.4 Å². The number of aromatic amines is 1. The van der Waals surface area contributed by atoms with Gasteiger partial charge in [-0.1, -0.05) is 48.5 Å². The molecular weight excluding hydrogens is 302 g/mol. The van der Waals surface area contributed by atoms with E-state index in [1.54, 1.807) is 11.8 Å². The number of fused-ring (bicyclic) bond motifs is 1. The van der Waals surface area contributed by atoms with E-state index in [0.717, 1.165) is 23.2 Å². The molecule has 2 aromatic carbocycles. The fraction of sp³-hybridized carbons (Fsp3) is 0.250. The molecule has 3 rings (SSSR count). The number of para-hydroxylation sites is 1. The van der Waals surface area contributed by atoms with Gasteiger partial charge in [0.05, 0.1) is 0 Å². The van der Waals surface area contributed by atoms with Crippen LogP contribution in [0, 0.1) is 12.8 Å².